The van der Waals surface area contributed by atoms with Crippen LogP contribution in [0.15, 0.2) is 78.9 Å². The van der Waals surface area contributed by atoms with Gasteiger partial charge in [0.1, 0.15) is 11.6 Å². The Labute approximate surface area is 246 Å². The Morgan fingerprint density at radius 1 is 0.952 bits per heavy atom. The summed E-state index contributed by atoms with van der Waals surface area (Å²) in [5, 5.41) is 16.8. The predicted octanol–water partition coefficient (Wildman–Crippen LogP) is 4.06. The number of aliphatic hydroxyl groups is 1. The number of carbonyl (C=O) groups is 3. The molecule has 3 N–H and O–H groups in total. The summed E-state index contributed by atoms with van der Waals surface area (Å²) in [4.78, 5) is 44.3. The Hall–Kier alpha value is -4.01. The van der Waals surface area contributed by atoms with Crippen LogP contribution in [0.3, 0.4) is 0 Å². The maximum Gasteiger partial charge on any atom is 0.250 e. The molecule has 0 aliphatic carbocycles. The van der Waals surface area contributed by atoms with E-state index in [2.05, 4.69) is 10.6 Å². The minimum Gasteiger partial charge on any atom is -0.394 e. The van der Waals surface area contributed by atoms with E-state index in [4.69, 9.17) is 4.74 Å². The van der Waals surface area contributed by atoms with Crippen LogP contribution in [0.25, 0.3) is 0 Å². The molecule has 3 aliphatic rings. The van der Waals surface area contributed by atoms with Gasteiger partial charge in [0.15, 0.2) is 0 Å². The van der Waals surface area contributed by atoms with Crippen LogP contribution in [-0.4, -0.2) is 51.6 Å². The highest BCUT2D eigenvalue weighted by Crippen LogP contribution is 2.64. The molecule has 3 saturated heterocycles. The molecule has 8 heteroatoms. The first-order valence-electron chi connectivity index (χ1n) is 14.6. The SMILES string of the molecule is Cc1cccc(C)c1NC(=O)C1N([C@H](CO)c2ccccc2)C(=O)[C@@H]2[C@H](C(=O)NCc3ccccc3)[C@]3(C)CCC12O3. The fourth-order valence-electron chi connectivity index (χ4n) is 7.53. The Kier molecular flexibility index (Phi) is 7.15. The summed E-state index contributed by atoms with van der Waals surface area (Å²) < 4.78 is 6.75. The second kappa shape index (κ2) is 10.7. The van der Waals surface area contributed by atoms with Crippen molar-refractivity contribution in [2.75, 3.05) is 11.9 Å². The Balaban J connectivity index is 1.40. The number of hydrogen-bond donors (Lipinski definition) is 3. The number of hydrogen-bond acceptors (Lipinski definition) is 5. The first-order valence-corrected chi connectivity index (χ1v) is 14.6. The topological polar surface area (TPSA) is 108 Å². The van der Waals surface area contributed by atoms with Crippen LogP contribution in [0, 0.1) is 25.7 Å². The van der Waals surface area contributed by atoms with Gasteiger partial charge in [-0.15, -0.1) is 0 Å². The van der Waals surface area contributed by atoms with Crippen molar-refractivity contribution < 1.29 is 24.2 Å². The molecule has 218 valence electrons. The fourth-order valence-corrected chi connectivity index (χ4v) is 7.53. The summed E-state index contributed by atoms with van der Waals surface area (Å²) in [5.41, 5.74) is 2.04. The van der Waals surface area contributed by atoms with E-state index in [9.17, 15) is 19.5 Å². The van der Waals surface area contributed by atoms with Gasteiger partial charge in [-0.3, -0.25) is 14.4 Å². The summed E-state index contributed by atoms with van der Waals surface area (Å²) in [5.74, 6) is -2.64. The van der Waals surface area contributed by atoms with E-state index < -0.39 is 35.1 Å². The zero-order valence-corrected chi connectivity index (χ0v) is 24.2. The average Bonchev–Trinajstić information content (AvgIpc) is 3.56. The van der Waals surface area contributed by atoms with Gasteiger partial charge in [-0.05, 0) is 55.9 Å². The smallest absolute Gasteiger partial charge is 0.250 e. The van der Waals surface area contributed by atoms with Gasteiger partial charge in [0.25, 0.3) is 0 Å². The second-order valence-electron chi connectivity index (χ2n) is 12.0. The van der Waals surface area contributed by atoms with E-state index in [0.717, 1.165) is 16.7 Å². The maximum atomic E-state index is 14.6. The minimum absolute atomic E-state index is 0.266. The van der Waals surface area contributed by atoms with Gasteiger partial charge in [-0.25, -0.2) is 0 Å². The third kappa shape index (κ3) is 4.41. The molecule has 6 atom stereocenters. The molecule has 2 unspecified atom stereocenters. The van der Waals surface area contributed by atoms with Crippen LogP contribution in [0.2, 0.25) is 0 Å². The van der Waals surface area contributed by atoms with E-state index in [1.807, 2.05) is 99.6 Å². The molecule has 3 aromatic rings. The molecule has 3 amide bonds. The quantitative estimate of drug-likeness (QED) is 0.381. The Morgan fingerprint density at radius 3 is 2.24 bits per heavy atom. The lowest BCUT2D eigenvalue weighted by atomic mass is 9.66. The van der Waals surface area contributed by atoms with Crippen molar-refractivity contribution >= 4 is 23.4 Å². The van der Waals surface area contributed by atoms with Crippen molar-refractivity contribution in [3.63, 3.8) is 0 Å². The molecule has 1 spiro atoms. The number of nitrogens with one attached hydrogen (secondary N) is 2. The summed E-state index contributed by atoms with van der Waals surface area (Å²) >= 11 is 0. The molecular formula is C34H37N3O5. The highest BCUT2D eigenvalue weighted by atomic mass is 16.5. The average molecular weight is 568 g/mol. The number of likely N-dealkylation sites (tertiary alicyclic amines) is 1. The molecule has 3 aliphatic heterocycles. The predicted molar refractivity (Wildman–Crippen MR) is 158 cm³/mol. The molecule has 0 saturated carbocycles. The normalized spacial score (nSPS) is 28.4. The van der Waals surface area contributed by atoms with Crippen LogP contribution in [0.1, 0.15) is 48.1 Å². The number of para-hydroxylation sites is 1. The lowest BCUT2D eigenvalue weighted by Crippen LogP contribution is -2.54. The van der Waals surface area contributed by atoms with Crippen LogP contribution in [-0.2, 0) is 25.7 Å². The number of rotatable bonds is 8. The molecule has 6 rings (SSSR count). The van der Waals surface area contributed by atoms with Gasteiger partial charge < -0.3 is 25.4 Å². The first kappa shape index (κ1) is 28.1. The van der Waals surface area contributed by atoms with E-state index in [-0.39, 0.29) is 24.3 Å². The van der Waals surface area contributed by atoms with E-state index in [1.54, 1.807) is 0 Å². The van der Waals surface area contributed by atoms with Crippen molar-refractivity contribution in [1.82, 2.24) is 10.2 Å². The largest absolute Gasteiger partial charge is 0.394 e. The fraction of sp³-hybridized carbons (Fsp3) is 0.382. The third-order valence-electron chi connectivity index (χ3n) is 9.48. The van der Waals surface area contributed by atoms with Crippen molar-refractivity contribution in [2.24, 2.45) is 11.8 Å². The Bertz CT molecular complexity index is 1490. The summed E-state index contributed by atoms with van der Waals surface area (Å²) in [6, 6.07) is 22.8. The first-order chi connectivity index (χ1) is 20.2. The molecule has 8 nitrogen and oxygen atoms in total. The minimum atomic E-state index is -1.20. The molecule has 42 heavy (non-hydrogen) atoms. The van der Waals surface area contributed by atoms with Crippen molar-refractivity contribution in [3.05, 3.63) is 101 Å². The number of aliphatic hydroxyl groups excluding tert-OH is 1. The van der Waals surface area contributed by atoms with Crippen LogP contribution < -0.4 is 10.6 Å². The van der Waals surface area contributed by atoms with Crippen LogP contribution in [0.4, 0.5) is 5.69 Å². The van der Waals surface area contributed by atoms with E-state index >= 15 is 0 Å². The van der Waals surface area contributed by atoms with E-state index in [0.29, 0.717) is 30.6 Å². The van der Waals surface area contributed by atoms with Crippen molar-refractivity contribution in [1.29, 1.82) is 0 Å². The van der Waals surface area contributed by atoms with Crippen LogP contribution in [0.5, 0.6) is 0 Å². The number of nitrogens with zero attached hydrogens (tertiary/aromatic N) is 1. The summed E-state index contributed by atoms with van der Waals surface area (Å²) in [7, 11) is 0. The van der Waals surface area contributed by atoms with Gasteiger partial charge in [-0.1, -0.05) is 78.9 Å². The molecule has 0 radical (unpaired) electrons. The number of fused-ring (bicyclic) bond motifs is 1. The summed E-state index contributed by atoms with van der Waals surface area (Å²) in [6.07, 6.45) is 0.993. The molecule has 2 bridgehead atoms. The number of anilines is 1. The van der Waals surface area contributed by atoms with Crippen molar-refractivity contribution in [3.8, 4) is 0 Å². The van der Waals surface area contributed by atoms with Gasteiger partial charge in [-0.2, -0.15) is 0 Å². The maximum absolute atomic E-state index is 14.6. The number of carbonyl (C=O) groups excluding carboxylic acids is 3. The van der Waals surface area contributed by atoms with Crippen molar-refractivity contribution in [2.45, 2.75) is 63.4 Å². The molecular weight excluding hydrogens is 530 g/mol. The molecule has 3 aromatic carbocycles. The standard InChI is InChI=1S/C34H37N3O5/c1-21-11-10-12-22(2)28(21)36-31(40)29-34-18-17-33(3,42-34)26(30(39)35-19-23-13-6-4-7-14-23)27(34)32(41)37(29)25(20-38)24-15-8-5-9-16-24/h4-16,25-27,29,38H,17-20H2,1-3H3,(H,35,39)(H,36,40)/t25-,26-,27+,29?,33+,34?/m1/s1. The molecule has 3 fully saturated rings. The van der Waals surface area contributed by atoms with Gasteiger partial charge in [0.05, 0.1) is 30.1 Å². The summed E-state index contributed by atoms with van der Waals surface area (Å²) in [6.45, 7) is 5.67. The number of ether oxygens (including phenoxy) is 1. The Morgan fingerprint density at radius 2 is 1.60 bits per heavy atom. The lowest BCUT2D eigenvalue weighted by molar-refractivity contribution is -0.148. The third-order valence-corrected chi connectivity index (χ3v) is 9.48. The monoisotopic (exact) mass is 567 g/mol. The van der Waals surface area contributed by atoms with Crippen LogP contribution >= 0.6 is 0 Å². The molecule has 0 aromatic heterocycles. The zero-order chi connectivity index (χ0) is 29.6. The molecule has 3 heterocycles. The zero-order valence-electron chi connectivity index (χ0n) is 24.2. The van der Waals surface area contributed by atoms with Gasteiger partial charge >= 0.3 is 0 Å². The second-order valence-corrected chi connectivity index (χ2v) is 12.0. The number of benzene rings is 3. The van der Waals surface area contributed by atoms with Gasteiger partial charge in [0.2, 0.25) is 17.7 Å². The highest BCUT2D eigenvalue weighted by molar-refractivity contribution is 6.04. The number of aryl methyl sites for hydroxylation is 2. The lowest BCUT2D eigenvalue weighted by Gasteiger charge is -2.37. The van der Waals surface area contributed by atoms with E-state index in [1.165, 1.54) is 4.90 Å². The number of amides is 3. The van der Waals surface area contributed by atoms with Gasteiger partial charge in [0, 0.05) is 12.2 Å². The highest BCUT2D eigenvalue weighted by Gasteiger charge is 2.78.